The van der Waals surface area contributed by atoms with Gasteiger partial charge in [0.2, 0.25) is 10.0 Å². The SMILES string of the molecule is O=S(=O)(c1ccccc1)N(Cc1ccccc1)C1CCCCCC1. The third-order valence-electron chi connectivity index (χ3n) is 4.76. The van der Waals surface area contributed by atoms with E-state index in [0.29, 0.717) is 11.4 Å². The highest BCUT2D eigenvalue weighted by Gasteiger charge is 2.31. The first-order valence-electron chi connectivity index (χ1n) is 8.79. The number of sulfonamides is 1. The molecule has 2 aromatic carbocycles. The van der Waals surface area contributed by atoms with Crippen molar-refractivity contribution < 1.29 is 8.42 Å². The smallest absolute Gasteiger partial charge is 0.207 e. The maximum Gasteiger partial charge on any atom is 0.243 e. The monoisotopic (exact) mass is 343 g/mol. The zero-order chi connectivity index (χ0) is 16.8. The molecule has 0 aromatic heterocycles. The van der Waals surface area contributed by atoms with Crippen LogP contribution in [0.4, 0.5) is 0 Å². The molecule has 0 aliphatic heterocycles. The molecule has 0 N–H and O–H groups in total. The van der Waals surface area contributed by atoms with Crippen LogP contribution in [0.15, 0.2) is 65.6 Å². The second-order valence-electron chi connectivity index (χ2n) is 6.49. The van der Waals surface area contributed by atoms with Gasteiger partial charge in [-0.2, -0.15) is 4.31 Å². The van der Waals surface area contributed by atoms with Crippen LogP contribution in [0.3, 0.4) is 0 Å². The minimum absolute atomic E-state index is 0.0953. The highest BCUT2D eigenvalue weighted by molar-refractivity contribution is 7.89. The van der Waals surface area contributed by atoms with Gasteiger partial charge in [0.25, 0.3) is 0 Å². The van der Waals surface area contributed by atoms with Gasteiger partial charge in [-0.1, -0.05) is 74.2 Å². The molecule has 3 nitrogen and oxygen atoms in total. The van der Waals surface area contributed by atoms with E-state index in [0.717, 1.165) is 31.2 Å². The summed E-state index contributed by atoms with van der Waals surface area (Å²) >= 11 is 0. The predicted molar refractivity (Wildman–Crippen MR) is 97.1 cm³/mol. The molecule has 0 radical (unpaired) electrons. The number of nitrogens with zero attached hydrogens (tertiary/aromatic N) is 1. The number of benzene rings is 2. The molecular formula is C20H25NO2S. The fourth-order valence-electron chi connectivity index (χ4n) is 3.45. The molecule has 0 saturated heterocycles. The van der Waals surface area contributed by atoms with E-state index >= 15 is 0 Å². The molecule has 0 unspecified atom stereocenters. The third kappa shape index (κ3) is 4.05. The Bertz CT molecular complexity index is 721. The van der Waals surface area contributed by atoms with Gasteiger partial charge < -0.3 is 0 Å². The van der Waals surface area contributed by atoms with E-state index in [2.05, 4.69) is 0 Å². The van der Waals surface area contributed by atoms with Gasteiger partial charge in [-0.3, -0.25) is 0 Å². The summed E-state index contributed by atoms with van der Waals surface area (Å²) in [6, 6.07) is 18.8. The van der Waals surface area contributed by atoms with Crippen molar-refractivity contribution in [3.8, 4) is 0 Å². The van der Waals surface area contributed by atoms with Crippen LogP contribution < -0.4 is 0 Å². The lowest BCUT2D eigenvalue weighted by molar-refractivity contribution is 0.286. The highest BCUT2D eigenvalue weighted by Crippen LogP contribution is 2.28. The maximum absolute atomic E-state index is 13.3. The van der Waals surface area contributed by atoms with Crippen LogP contribution in [-0.2, 0) is 16.6 Å². The largest absolute Gasteiger partial charge is 0.243 e. The van der Waals surface area contributed by atoms with Gasteiger partial charge in [0.15, 0.2) is 0 Å². The lowest BCUT2D eigenvalue weighted by Gasteiger charge is -2.30. The van der Waals surface area contributed by atoms with Gasteiger partial charge in [0, 0.05) is 12.6 Å². The van der Waals surface area contributed by atoms with Crippen LogP contribution in [0.1, 0.15) is 44.1 Å². The molecule has 0 atom stereocenters. The average molecular weight is 343 g/mol. The quantitative estimate of drug-likeness (QED) is 0.744. The molecule has 128 valence electrons. The Kier molecular flexibility index (Phi) is 5.69. The zero-order valence-corrected chi connectivity index (χ0v) is 14.8. The van der Waals surface area contributed by atoms with Gasteiger partial charge in [0.05, 0.1) is 4.90 Å². The lowest BCUT2D eigenvalue weighted by atomic mass is 10.1. The Labute approximate surface area is 145 Å². The van der Waals surface area contributed by atoms with E-state index in [1.165, 1.54) is 12.8 Å². The molecule has 3 rings (SSSR count). The van der Waals surface area contributed by atoms with E-state index in [-0.39, 0.29) is 6.04 Å². The highest BCUT2D eigenvalue weighted by atomic mass is 32.2. The molecule has 24 heavy (non-hydrogen) atoms. The van der Waals surface area contributed by atoms with Crippen LogP contribution in [0, 0.1) is 0 Å². The van der Waals surface area contributed by atoms with Crippen molar-refractivity contribution in [2.75, 3.05) is 0 Å². The zero-order valence-electron chi connectivity index (χ0n) is 14.0. The Morgan fingerprint density at radius 1 is 0.792 bits per heavy atom. The topological polar surface area (TPSA) is 37.4 Å². The molecule has 0 amide bonds. The Morgan fingerprint density at radius 2 is 1.33 bits per heavy atom. The molecule has 1 aliphatic carbocycles. The first-order chi connectivity index (χ1) is 11.7. The van der Waals surface area contributed by atoms with Gasteiger partial charge >= 0.3 is 0 Å². The van der Waals surface area contributed by atoms with E-state index in [4.69, 9.17) is 0 Å². The number of hydrogen-bond acceptors (Lipinski definition) is 2. The van der Waals surface area contributed by atoms with Gasteiger partial charge in [0.1, 0.15) is 0 Å². The number of rotatable bonds is 5. The molecule has 0 bridgehead atoms. The van der Waals surface area contributed by atoms with Crippen LogP contribution in [0.5, 0.6) is 0 Å². The molecule has 2 aromatic rings. The van der Waals surface area contributed by atoms with E-state index < -0.39 is 10.0 Å². The van der Waals surface area contributed by atoms with Crippen LogP contribution >= 0.6 is 0 Å². The Morgan fingerprint density at radius 3 is 1.92 bits per heavy atom. The second-order valence-corrected chi connectivity index (χ2v) is 8.38. The van der Waals surface area contributed by atoms with Crippen molar-refractivity contribution in [2.24, 2.45) is 0 Å². The summed E-state index contributed by atoms with van der Waals surface area (Å²) < 4.78 is 28.3. The first-order valence-corrected chi connectivity index (χ1v) is 10.2. The van der Waals surface area contributed by atoms with Crippen LogP contribution in [-0.4, -0.2) is 18.8 Å². The van der Waals surface area contributed by atoms with Crippen LogP contribution in [0.2, 0.25) is 0 Å². The van der Waals surface area contributed by atoms with Crippen molar-refractivity contribution in [1.82, 2.24) is 4.31 Å². The van der Waals surface area contributed by atoms with Crippen molar-refractivity contribution >= 4 is 10.0 Å². The lowest BCUT2D eigenvalue weighted by Crippen LogP contribution is -2.39. The van der Waals surface area contributed by atoms with Crippen LogP contribution in [0.25, 0.3) is 0 Å². The molecule has 4 heteroatoms. The summed E-state index contributed by atoms with van der Waals surface area (Å²) in [5.74, 6) is 0. The Balaban J connectivity index is 1.94. The summed E-state index contributed by atoms with van der Waals surface area (Å²) in [6.45, 7) is 0.447. The predicted octanol–water partition coefficient (Wildman–Crippen LogP) is 4.60. The third-order valence-corrected chi connectivity index (χ3v) is 6.68. The fraction of sp³-hybridized carbons (Fsp3) is 0.400. The average Bonchev–Trinajstić information content (AvgIpc) is 2.90. The summed E-state index contributed by atoms with van der Waals surface area (Å²) in [4.78, 5) is 0.394. The van der Waals surface area contributed by atoms with Gasteiger partial charge in [-0.05, 0) is 30.5 Å². The second kappa shape index (κ2) is 7.95. The van der Waals surface area contributed by atoms with E-state index in [9.17, 15) is 8.42 Å². The molecule has 0 spiro atoms. The minimum Gasteiger partial charge on any atom is -0.207 e. The van der Waals surface area contributed by atoms with Crippen molar-refractivity contribution in [3.63, 3.8) is 0 Å². The number of hydrogen-bond donors (Lipinski definition) is 0. The molecule has 1 saturated carbocycles. The Hall–Kier alpha value is -1.65. The molecule has 1 fully saturated rings. The minimum atomic E-state index is -3.48. The normalized spacial score (nSPS) is 16.9. The summed E-state index contributed by atoms with van der Waals surface area (Å²) in [7, 11) is -3.48. The van der Waals surface area contributed by atoms with E-state index in [1.54, 1.807) is 28.6 Å². The summed E-state index contributed by atoms with van der Waals surface area (Å²) in [5.41, 5.74) is 1.04. The van der Waals surface area contributed by atoms with Crippen molar-refractivity contribution in [2.45, 2.75) is 56.0 Å². The molecule has 0 heterocycles. The fourth-order valence-corrected chi connectivity index (χ4v) is 5.14. The standard InChI is InChI=1S/C20H25NO2S/c22-24(23,20-15-9-4-10-16-20)21(17-18-11-5-3-6-12-18)19-13-7-1-2-8-14-19/h3-6,9-12,15-16,19H,1-2,7-8,13-14,17H2. The summed E-state index contributed by atoms with van der Waals surface area (Å²) in [6.07, 6.45) is 6.56. The van der Waals surface area contributed by atoms with E-state index in [1.807, 2.05) is 36.4 Å². The van der Waals surface area contributed by atoms with Crippen molar-refractivity contribution in [3.05, 3.63) is 66.2 Å². The maximum atomic E-state index is 13.3. The van der Waals surface area contributed by atoms with Gasteiger partial charge in [-0.25, -0.2) is 8.42 Å². The van der Waals surface area contributed by atoms with Gasteiger partial charge in [-0.15, -0.1) is 0 Å². The summed E-state index contributed by atoms with van der Waals surface area (Å²) in [5, 5.41) is 0. The molecular weight excluding hydrogens is 318 g/mol. The van der Waals surface area contributed by atoms with Crippen molar-refractivity contribution in [1.29, 1.82) is 0 Å². The first kappa shape index (κ1) is 17.2. The molecule has 1 aliphatic rings.